The summed E-state index contributed by atoms with van der Waals surface area (Å²) >= 11 is 0. The fraction of sp³-hybridized carbons (Fsp3) is 0.500. The van der Waals surface area contributed by atoms with E-state index in [1.807, 2.05) is 23.2 Å². The lowest BCUT2D eigenvalue weighted by Crippen LogP contribution is -2.45. The first-order chi connectivity index (χ1) is 17.1. The van der Waals surface area contributed by atoms with Gasteiger partial charge in [0.25, 0.3) is 0 Å². The van der Waals surface area contributed by atoms with E-state index in [9.17, 15) is 4.79 Å². The molecule has 2 aromatic heterocycles. The van der Waals surface area contributed by atoms with Crippen LogP contribution in [0.1, 0.15) is 43.5 Å². The number of H-pyrrole nitrogens is 1. The minimum Gasteiger partial charge on any atom is -0.475 e. The summed E-state index contributed by atoms with van der Waals surface area (Å²) in [5, 5.41) is 1.24. The highest BCUT2D eigenvalue weighted by molar-refractivity contribution is 5.82. The smallest absolute Gasteiger partial charge is 0.227 e. The van der Waals surface area contributed by atoms with Gasteiger partial charge in [-0.05, 0) is 54.5 Å². The maximum absolute atomic E-state index is 13.8. The number of amides is 1. The van der Waals surface area contributed by atoms with E-state index in [0.29, 0.717) is 38.2 Å². The highest BCUT2D eigenvalue weighted by Gasteiger charge is 2.30. The van der Waals surface area contributed by atoms with E-state index in [4.69, 9.17) is 14.5 Å². The number of para-hydroxylation sites is 1. The van der Waals surface area contributed by atoms with Crippen molar-refractivity contribution in [2.45, 2.75) is 46.4 Å². The van der Waals surface area contributed by atoms with E-state index in [1.165, 1.54) is 16.5 Å². The quantitative estimate of drug-likeness (QED) is 0.548. The lowest BCUT2D eigenvalue weighted by molar-refractivity contribution is -0.138. The van der Waals surface area contributed by atoms with Crippen LogP contribution in [-0.4, -0.2) is 58.5 Å². The Labute approximate surface area is 207 Å². The van der Waals surface area contributed by atoms with Gasteiger partial charge in [-0.15, -0.1) is 0 Å². The summed E-state index contributed by atoms with van der Waals surface area (Å²) in [5.41, 5.74) is 4.32. The zero-order valence-corrected chi connectivity index (χ0v) is 20.8. The molecule has 1 atom stereocenters. The Morgan fingerprint density at radius 3 is 3.03 bits per heavy atom. The number of hydrogen-bond donors (Lipinski definition) is 1. The molecule has 7 heteroatoms. The molecular weight excluding hydrogens is 440 g/mol. The Kier molecular flexibility index (Phi) is 7.35. The van der Waals surface area contributed by atoms with Crippen molar-refractivity contribution in [3.63, 3.8) is 0 Å². The number of carbonyl (C=O) groups excluding carboxylic acids is 1. The normalized spacial score (nSPS) is 18.8. The first-order valence-electron chi connectivity index (χ1n) is 12.8. The van der Waals surface area contributed by atoms with Gasteiger partial charge in [-0.25, -0.2) is 4.98 Å². The Balaban J connectivity index is 1.28. The predicted molar refractivity (Wildman–Crippen MR) is 136 cm³/mol. The number of benzene rings is 1. The van der Waals surface area contributed by atoms with Crippen LogP contribution < -0.4 is 4.74 Å². The number of rotatable bonds is 7. The van der Waals surface area contributed by atoms with Crippen LogP contribution in [0.2, 0.25) is 0 Å². The van der Waals surface area contributed by atoms with Gasteiger partial charge in [0.2, 0.25) is 11.8 Å². The molecule has 1 saturated heterocycles. The van der Waals surface area contributed by atoms with Crippen LogP contribution in [-0.2, 0) is 29.2 Å². The molecule has 0 radical (unpaired) electrons. The number of ether oxygens (including phenoxy) is 2. The molecule has 186 valence electrons. The number of nitrogens with one attached hydrogen (secondary N) is 1. The van der Waals surface area contributed by atoms with Gasteiger partial charge in [0, 0.05) is 36.9 Å². The number of aromatic nitrogens is 2. The number of carbonyl (C=O) groups is 1. The van der Waals surface area contributed by atoms with Crippen molar-refractivity contribution in [3.05, 3.63) is 59.4 Å². The first-order valence-corrected chi connectivity index (χ1v) is 12.8. The van der Waals surface area contributed by atoms with Gasteiger partial charge in [0.1, 0.15) is 6.61 Å². The fourth-order valence-electron chi connectivity index (χ4n) is 5.26. The lowest BCUT2D eigenvalue weighted by atomic mass is 9.95. The predicted octanol–water partition coefficient (Wildman–Crippen LogP) is 4.37. The summed E-state index contributed by atoms with van der Waals surface area (Å²) in [6.45, 7) is 9.83. The topological polar surface area (TPSA) is 70.7 Å². The molecule has 1 fully saturated rings. The van der Waals surface area contributed by atoms with Crippen molar-refractivity contribution in [2.75, 3.05) is 32.8 Å². The Hall–Kier alpha value is -2.90. The van der Waals surface area contributed by atoms with E-state index in [0.717, 1.165) is 50.3 Å². The molecule has 1 N–H and O–H groups in total. The van der Waals surface area contributed by atoms with Crippen molar-refractivity contribution in [1.29, 1.82) is 0 Å². The van der Waals surface area contributed by atoms with Crippen molar-refractivity contribution in [1.82, 2.24) is 19.8 Å². The van der Waals surface area contributed by atoms with Gasteiger partial charge < -0.3 is 19.4 Å². The van der Waals surface area contributed by atoms with Gasteiger partial charge in [-0.1, -0.05) is 32.0 Å². The molecule has 0 saturated carbocycles. The molecule has 4 heterocycles. The number of fused-ring (bicyclic) bond motifs is 2. The van der Waals surface area contributed by atoms with Crippen LogP contribution in [0.4, 0.5) is 0 Å². The summed E-state index contributed by atoms with van der Waals surface area (Å²) in [4.78, 5) is 26.3. The fourth-order valence-corrected chi connectivity index (χ4v) is 5.26. The van der Waals surface area contributed by atoms with Crippen molar-refractivity contribution in [2.24, 2.45) is 11.8 Å². The molecule has 0 spiro atoms. The number of hydrogen-bond acceptors (Lipinski definition) is 5. The maximum Gasteiger partial charge on any atom is 0.227 e. The zero-order chi connectivity index (χ0) is 24.2. The van der Waals surface area contributed by atoms with E-state index in [-0.39, 0.29) is 11.8 Å². The second kappa shape index (κ2) is 10.8. The summed E-state index contributed by atoms with van der Waals surface area (Å²) in [5.74, 6) is 1.27. The zero-order valence-electron chi connectivity index (χ0n) is 20.8. The van der Waals surface area contributed by atoms with E-state index in [1.54, 1.807) is 0 Å². The maximum atomic E-state index is 13.8. The summed E-state index contributed by atoms with van der Waals surface area (Å²) in [7, 11) is 0. The van der Waals surface area contributed by atoms with Gasteiger partial charge >= 0.3 is 0 Å². The van der Waals surface area contributed by atoms with E-state index < -0.39 is 0 Å². The number of piperidine rings is 1. The molecule has 3 aromatic rings. The van der Waals surface area contributed by atoms with Gasteiger partial charge in [-0.2, -0.15) is 0 Å². The van der Waals surface area contributed by atoms with Crippen LogP contribution in [0.5, 0.6) is 5.88 Å². The molecule has 1 aromatic carbocycles. The molecule has 2 aliphatic rings. The standard InChI is InChI=1S/C28H36N4O3/c1-20(2)15-32(18-25-9-8-24-19-34-13-14-35-27(24)30-25)28(33)23-7-4-12-31(17-23)16-22-6-3-5-21-10-11-29-26(21)22/h3,5-6,8-11,20,23,29H,4,7,12-19H2,1-2H3/t23-/m1/s1. The van der Waals surface area contributed by atoms with Crippen LogP contribution in [0.15, 0.2) is 42.6 Å². The molecule has 0 bridgehead atoms. The van der Waals surface area contributed by atoms with E-state index >= 15 is 0 Å². The third kappa shape index (κ3) is 5.68. The summed E-state index contributed by atoms with van der Waals surface area (Å²) in [6, 6.07) is 12.6. The summed E-state index contributed by atoms with van der Waals surface area (Å²) in [6.07, 6.45) is 3.97. The number of likely N-dealkylation sites (tertiary alicyclic amines) is 1. The van der Waals surface area contributed by atoms with Crippen LogP contribution in [0.25, 0.3) is 10.9 Å². The average Bonchev–Trinajstić information content (AvgIpc) is 3.22. The molecule has 1 amide bonds. The minimum absolute atomic E-state index is 0.0100. The van der Waals surface area contributed by atoms with Crippen molar-refractivity contribution < 1.29 is 14.3 Å². The van der Waals surface area contributed by atoms with Crippen LogP contribution >= 0.6 is 0 Å². The second-order valence-electron chi connectivity index (χ2n) is 10.2. The number of nitrogens with zero attached hydrogens (tertiary/aromatic N) is 3. The molecule has 7 nitrogen and oxygen atoms in total. The Morgan fingerprint density at radius 2 is 2.14 bits per heavy atom. The Bertz CT molecular complexity index is 1160. The molecule has 0 aliphatic carbocycles. The molecule has 35 heavy (non-hydrogen) atoms. The third-order valence-electron chi connectivity index (χ3n) is 6.89. The largest absolute Gasteiger partial charge is 0.475 e. The second-order valence-corrected chi connectivity index (χ2v) is 10.2. The molecular formula is C28H36N4O3. The molecule has 2 aliphatic heterocycles. The van der Waals surface area contributed by atoms with Gasteiger partial charge in [0.15, 0.2) is 0 Å². The monoisotopic (exact) mass is 476 g/mol. The third-order valence-corrected chi connectivity index (χ3v) is 6.89. The average molecular weight is 477 g/mol. The summed E-state index contributed by atoms with van der Waals surface area (Å²) < 4.78 is 11.3. The highest BCUT2D eigenvalue weighted by Crippen LogP contribution is 2.26. The first kappa shape index (κ1) is 23.8. The molecule has 5 rings (SSSR count). The Morgan fingerprint density at radius 1 is 1.23 bits per heavy atom. The van der Waals surface area contributed by atoms with Crippen molar-refractivity contribution >= 4 is 16.8 Å². The van der Waals surface area contributed by atoms with Crippen molar-refractivity contribution in [3.8, 4) is 5.88 Å². The van der Waals surface area contributed by atoms with E-state index in [2.05, 4.69) is 48.0 Å². The lowest BCUT2D eigenvalue weighted by Gasteiger charge is -2.35. The van der Waals surface area contributed by atoms with Crippen LogP contribution in [0.3, 0.4) is 0 Å². The SMILES string of the molecule is CC(C)CN(Cc1ccc2c(n1)OCCOC2)C(=O)[C@@H]1CCCN(Cc2cccc3cc[nH]c23)C1. The van der Waals surface area contributed by atoms with Crippen LogP contribution in [0, 0.1) is 11.8 Å². The van der Waals surface area contributed by atoms with Gasteiger partial charge in [-0.3, -0.25) is 9.69 Å². The highest BCUT2D eigenvalue weighted by atomic mass is 16.5. The number of aromatic amines is 1. The molecule has 0 unspecified atom stereocenters. The number of pyridine rings is 1. The minimum atomic E-state index is 0.0100. The van der Waals surface area contributed by atoms with Gasteiger partial charge in [0.05, 0.1) is 31.4 Å².